The van der Waals surface area contributed by atoms with Crippen LogP contribution in [-0.2, 0) is 0 Å². The Morgan fingerprint density at radius 3 is 2.95 bits per heavy atom. The third kappa shape index (κ3) is 1.68. The molecule has 0 saturated heterocycles. The molecule has 0 unspecified atom stereocenters. The molecule has 2 N–H and O–H groups in total. The van der Waals surface area contributed by atoms with E-state index >= 15 is 0 Å². The molecule has 0 radical (unpaired) electrons. The first kappa shape index (κ1) is 11.7. The van der Waals surface area contributed by atoms with Crippen LogP contribution in [0.5, 0.6) is 0 Å². The van der Waals surface area contributed by atoms with Crippen molar-refractivity contribution in [3.8, 4) is 0 Å². The van der Waals surface area contributed by atoms with Gasteiger partial charge < -0.3 is 10.4 Å². The summed E-state index contributed by atoms with van der Waals surface area (Å²) in [6.45, 7) is 0.645. The summed E-state index contributed by atoms with van der Waals surface area (Å²) in [6, 6.07) is 2.59. The van der Waals surface area contributed by atoms with Gasteiger partial charge in [-0.3, -0.25) is 10.1 Å². The molecule has 0 fully saturated rings. The van der Waals surface area contributed by atoms with Crippen LogP contribution in [-0.4, -0.2) is 22.5 Å². The van der Waals surface area contributed by atoms with Crippen molar-refractivity contribution in [2.24, 2.45) is 5.92 Å². The Balaban J connectivity index is 2.25. The molecule has 0 saturated carbocycles. The fraction of sp³-hybridized carbons (Fsp3) is 0.308. The van der Waals surface area contributed by atoms with Crippen LogP contribution in [0.15, 0.2) is 24.3 Å². The molecular weight excluding hydrogens is 248 g/mol. The van der Waals surface area contributed by atoms with Crippen molar-refractivity contribution in [1.82, 2.24) is 0 Å². The Morgan fingerprint density at radius 1 is 1.47 bits per heavy atom. The smallest absolute Gasteiger partial charge is 0.337 e. The number of carboxylic acid groups (broad SMARTS) is 1. The molecular formula is C13H12N2O4. The Bertz CT molecular complexity index is 609. The van der Waals surface area contributed by atoms with Gasteiger partial charge in [0, 0.05) is 18.5 Å². The maximum absolute atomic E-state index is 11.2. The van der Waals surface area contributed by atoms with Crippen LogP contribution in [0.3, 0.4) is 0 Å². The largest absolute Gasteiger partial charge is 0.478 e. The molecule has 1 aliphatic carbocycles. The van der Waals surface area contributed by atoms with Gasteiger partial charge in [0.2, 0.25) is 0 Å². The van der Waals surface area contributed by atoms with Gasteiger partial charge in [0.1, 0.15) is 0 Å². The number of nitrogens with zero attached hydrogens (tertiary/aromatic N) is 1. The van der Waals surface area contributed by atoms with Crippen molar-refractivity contribution in [2.45, 2.75) is 12.3 Å². The molecule has 0 aromatic heterocycles. The number of benzene rings is 1. The van der Waals surface area contributed by atoms with E-state index in [-0.39, 0.29) is 23.1 Å². The van der Waals surface area contributed by atoms with E-state index in [4.69, 9.17) is 0 Å². The third-order valence-corrected chi connectivity index (χ3v) is 3.81. The number of hydrogen-bond acceptors (Lipinski definition) is 4. The summed E-state index contributed by atoms with van der Waals surface area (Å²) >= 11 is 0. The number of aromatic carboxylic acids is 1. The second kappa shape index (κ2) is 4.08. The number of anilines is 1. The number of carboxylic acids is 1. The molecule has 19 heavy (non-hydrogen) atoms. The number of hydrogen-bond donors (Lipinski definition) is 2. The molecule has 1 aromatic rings. The molecule has 2 atom stereocenters. The van der Waals surface area contributed by atoms with Gasteiger partial charge >= 0.3 is 5.97 Å². The van der Waals surface area contributed by atoms with Gasteiger partial charge in [0.25, 0.3) is 5.69 Å². The Kier molecular flexibility index (Phi) is 2.51. The van der Waals surface area contributed by atoms with Crippen LogP contribution in [0.2, 0.25) is 0 Å². The quantitative estimate of drug-likeness (QED) is 0.484. The van der Waals surface area contributed by atoms with Gasteiger partial charge in [-0.15, -0.1) is 0 Å². The van der Waals surface area contributed by atoms with Crippen molar-refractivity contribution >= 4 is 17.3 Å². The molecule has 2 aliphatic rings. The number of carbonyl (C=O) groups is 1. The number of allylic oxidation sites excluding steroid dienone is 2. The summed E-state index contributed by atoms with van der Waals surface area (Å²) in [5, 5.41) is 23.4. The predicted molar refractivity (Wildman–Crippen MR) is 68.5 cm³/mol. The molecule has 6 heteroatoms. The molecule has 0 amide bonds. The Morgan fingerprint density at radius 2 is 2.26 bits per heavy atom. The van der Waals surface area contributed by atoms with Crippen LogP contribution in [0.4, 0.5) is 11.4 Å². The van der Waals surface area contributed by atoms with E-state index in [2.05, 4.69) is 5.32 Å². The zero-order valence-corrected chi connectivity index (χ0v) is 10.00. The lowest BCUT2D eigenvalue weighted by Gasteiger charge is -2.29. The van der Waals surface area contributed by atoms with Gasteiger partial charge in [0.05, 0.1) is 21.7 Å². The summed E-state index contributed by atoms with van der Waals surface area (Å²) in [5.41, 5.74) is 0.998. The van der Waals surface area contributed by atoms with Crippen molar-refractivity contribution in [2.75, 3.05) is 11.9 Å². The maximum Gasteiger partial charge on any atom is 0.337 e. The highest BCUT2D eigenvalue weighted by atomic mass is 16.6. The first-order valence-corrected chi connectivity index (χ1v) is 6.04. The fourth-order valence-electron chi connectivity index (χ4n) is 2.95. The van der Waals surface area contributed by atoms with Gasteiger partial charge in [-0.05, 0) is 18.4 Å². The van der Waals surface area contributed by atoms with Crippen molar-refractivity contribution in [3.63, 3.8) is 0 Å². The Labute approximate surface area is 108 Å². The van der Waals surface area contributed by atoms with Crippen LogP contribution in [0, 0.1) is 16.0 Å². The molecule has 3 rings (SSSR count). The molecule has 0 bridgehead atoms. The van der Waals surface area contributed by atoms with E-state index in [0.717, 1.165) is 6.42 Å². The number of nitrogens with one attached hydrogen (secondary N) is 1. The fourth-order valence-corrected chi connectivity index (χ4v) is 2.95. The summed E-state index contributed by atoms with van der Waals surface area (Å²) in [7, 11) is 0. The van der Waals surface area contributed by atoms with Crippen LogP contribution in [0.25, 0.3) is 0 Å². The summed E-state index contributed by atoms with van der Waals surface area (Å²) in [5.74, 6) is -0.856. The summed E-state index contributed by atoms with van der Waals surface area (Å²) in [4.78, 5) is 21.9. The van der Waals surface area contributed by atoms with Crippen molar-refractivity contribution in [3.05, 3.63) is 45.5 Å². The lowest BCUT2D eigenvalue weighted by atomic mass is 9.82. The van der Waals surface area contributed by atoms with Gasteiger partial charge in [-0.25, -0.2) is 4.79 Å². The minimum atomic E-state index is -1.07. The molecule has 98 valence electrons. The normalized spacial score (nSPS) is 23.4. The average molecular weight is 260 g/mol. The number of fused-ring (bicyclic) bond motifs is 3. The summed E-state index contributed by atoms with van der Waals surface area (Å²) in [6.07, 6.45) is 4.82. The number of rotatable bonds is 2. The molecule has 6 nitrogen and oxygen atoms in total. The highest BCUT2D eigenvalue weighted by Gasteiger charge is 2.37. The Hall–Kier alpha value is -2.37. The van der Waals surface area contributed by atoms with Crippen LogP contribution in [0.1, 0.15) is 28.3 Å². The van der Waals surface area contributed by atoms with Gasteiger partial charge in [0.15, 0.2) is 0 Å². The van der Waals surface area contributed by atoms with E-state index in [9.17, 15) is 20.0 Å². The first-order valence-electron chi connectivity index (χ1n) is 6.04. The zero-order chi connectivity index (χ0) is 13.6. The monoisotopic (exact) mass is 260 g/mol. The molecule has 1 aromatic carbocycles. The van der Waals surface area contributed by atoms with E-state index in [1.807, 2.05) is 12.2 Å². The zero-order valence-electron chi connectivity index (χ0n) is 10.00. The maximum atomic E-state index is 11.2. The first-order chi connectivity index (χ1) is 9.09. The highest BCUT2D eigenvalue weighted by Crippen LogP contribution is 2.46. The third-order valence-electron chi connectivity index (χ3n) is 3.81. The van der Waals surface area contributed by atoms with Gasteiger partial charge in [-0.2, -0.15) is 0 Å². The van der Waals surface area contributed by atoms with Crippen LogP contribution >= 0.6 is 0 Å². The summed E-state index contributed by atoms with van der Waals surface area (Å²) < 4.78 is 0. The second-order valence-electron chi connectivity index (χ2n) is 4.81. The lowest BCUT2D eigenvalue weighted by Crippen LogP contribution is -2.26. The molecule has 1 heterocycles. The van der Waals surface area contributed by atoms with Crippen LogP contribution < -0.4 is 5.32 Å². The highest BCUT2D eigenvalue weighted by molar-refractivity contribution is 5.96. The van der Waals surface area contributed by atoms with E-state index in [0.29, 0.717) is 17.8 Å². The topological polar surface area (TPSA) is 92.5 Å². The van der Waals surface area contributed by atoms with E-state index in [1.54, 1.807) is 0 Å². The number of nitro groups is 1. The minimum Gasteiger partial charge on any atom is -0.478 e. The standard InChI is InChI=1S/C13H12N2O4/c16-13(17)9-4-5-10(15(18)19)11-8-3-1-2-7(8)6-14-12(9)11/h1,3-5,7-8,14H,2,6H2,(H,16,17)/t7-,8+/m1/s1. The molecule has 1 aliphatic heterocycles. The van der Waals surface area contributed by atoms with E-state index < -0.39 is 10.9 Å². The predicted octanol–water partition coefficient (Wildman–Crippen LogP) is 2.38. The van der Waals surface area contributed by atoms with Gasteiger partial charge in [-0.1, -0.05) is 12.2 Å². The number of nitro benzene ring substituents is 1. The lowest BCUT2D eigenvalue weighted by molar-refractivity contribution is -0.385. The second-order valence-corrected chi connectivity index (χ2v) is 4.81. The van der Waals surface area contributed by atoms with Crippen molar-refractivity contribution < 1.29 is 14.8 Å². The van der Waals surface area contributed by atoms with E-state index in [1.165, 1.54) is 12.1 Å². The SMILES string of the molecule is O=C(O)c1ccc([N+](=O)[O-])c2c1NC[C@H]1CC=C[C@H]21. The average Bonchev–Trinajstić information content (AvgIpc) is 2.85. The minimum absolute atomic E-state index is 0.00579. The molecule has 0 spiro atoms. The van der Waals surface area contributed by atoms with Crippen molar-refractivity contribution in [1.29, 1.82) is 0 Å².